The topological polar surface area (TPSA) is 262 Å². The summed E-state index contributed by atoms with van der Waals surface area (Å²) in [7, 11) is 0. The molecule has 89 heavy (non-hydrogen) atoms. The number of amides is 2. The largest absolute Gasteiger partial charge is 0.455 e. The minimum atomic E-state index is -0.852. The summed E-state index contributed by atoms with van der Waals surface area (Å²) in [5.74, 6) is -1.17. The van der Waals surface area contributed by atoms with Gasteiger partial charge >= 0.3 is 17.9 Å². The maximum absolute atomic E-state index is 13.1. The van der Waals surface area contributed by atoms with E-state index in [-0.39, 0.29) is 31.6 Å². The summed E-state index contributed by atoms with van der Waals surface area (Å²) in [5.41, 5.74) is 7.85. The van der Waals surface area contributed by atoms with Crippen LogP contribution in [0.1, 0.15) is 55.3 Å². The van der Waals surface area contributed by atoms with Crippen molar-refractivity contribution in [3.63, 3.8) is 0 Å². The van der Waals surface area contributed by atoms with Gasteiger partial charge in [-0.05, 0) is 146 Å². The Bertz CT molecular complexity index is 3540. The first-order valence-corrected chi connectivity index (χ1v) is 30.1. The molecule has 0 atom stereocenters. The van der Waals surface area contributed by atoms with Crippen LogP contribution < -0.4 is 14.7 Å². The molecule has 3 heterocycles. The molecule has 2 aromatic heterocycles. The Morgan fingerprint density at radius 3 is 0.989 bits per heavy atom. The third-order valence-electron chi connectivity index (χ3n) is 13.5. The van der Waals surface area contributed by atoms with E-state index in [1.165, 1.54) is 12.1 Å². The number of ether oxygens (including phenoxy) is 2. The lowest BCUT2D eigenvalue weighted by Crippen LogP contribution is -2.32. The van der Waals surface area contributed by atoms with Crippen LogP contribution >= 0.6 is 46.4 Å². The Balaban J connectivity index is 0.787. The third-order valence-corrected chi connectivity index (χ3v) is 14.1. The molecule has 0 aliphatic carbocycles. The molecule has 0 N–H and O–H groups in total. The smallest absolute Gasteiger partial charge is 0.363 e. The number of rotatable bonds is 31. The maximum Gasteiger partial charge on any atom is 0.363 e. The van der Waals surface area contributed by atoms with E-state index in [1.807, 2.05) is 60.7 Å². The summed E-state index contributed by atoms with van der Waals surface area (Å²) in [6, 6.07) is 41.7. The molecule has 8 aromatic rings. The zero-order chi connectivity index (χ0) is 62.3. The minimum Gasteiger partial charge on any atom is -0.455 e. The Labute approximate surface area is 531 Å². The quantitative estimate of drug-likeness (QED) is 0.0169. The van der Waals surface area contributed by atoms with E-state index in [9.17, 15) is 24.0 Å². The van der Waals surface area contributed by atoms with E-state index in [4.69, 9.17) is 60.7 Å². The summed E-state index contributed by atoms with van der Waals surface area (Å²) in [6.07, 6.45) is 3.39. The van der Waals surface area contributed by atoms with Crippen molar-refractivity contribution in [1.82, 2.24) is 35.1 Å². The molecule has 1 saturated heterocycles. The highest BCUT2D eigenvalue weighted by Crippen LogP contribution is 2.27. The first-order chi connectivity index (χ1) is 43.4. The van der Waals surface area contributed by atoms with Gasteiger partial charge in [0.2, 0.25) is 0 Å². The van der Waals surface area contributed by atoms with Crippen LogP contribution in [0.5, 0.6) is 0 Å². The lowest BCUT2D eigenvalue weighted by atomic mass is 10.2. The number of carbonyl (C=O) groups excluding carboxylic acids is 5. The number of esters is 2. The third kappa shape index (κ3) is 18.8. The fourth-order valence-corrected chi connectivity index (χ4v) is 9.58. The highest BCUT2D eigenvalue weighted by Gasteiger charge is 2.33. The molecule has 2 amide bonds. The Morgan fingerprint density at radius 2 is 0.685 bits per heavy atom. The van der Waals surface area contributed by atoms with Crippen molar-refractivity contribution in [2.75, 3.05) is 77.5 Å². The number of halogens is 4. The first kappa shape index (κ1) is 64.0. The Morgan fingerprint density at radius 1 is 0.404 bits per heavy atom. The van der Waals surface area contributed by atoms with Crippen molar-refractivity contribution in [2.45, 2.75) is 39.1 Å². The number of hydrogen-bond donors (Lipinski definition) is 0. The average molecular weight is 1290 g/mol. The predicted molar refractivity (Wildman–Crippen MR) is 335 cm³/mol. The molecule has 0 saturated carbocycles. The SMILES string of the molecule is O=C(OCc1cn(CCN(CCn2cc(COC(=O)c3ccc(N=Nc4ccc(N(CCCl)CCCl)cc4)cc3)nn2)c2ccc(N=Nc3ccc(C(=O)ON4C(=O)CCC4=O)cc3)cc2)nn1)c1ccc(N=Nc2ccc(N(CCCl)CCCl)cc2)cc1. The number of hydrogen-bond acceptors (Lipinski definition) is 21. The van der Waals surface area contributed by atoms with Crippen molar-refractivity contribution < 1.29 is 38.3 Å². The van der Waals surface area contributed by atoms with Gasteiger partial charge in [0.25, 0.3) is 11.8 Å². The molecule has 24 nitrogen and oxygen atoms in total. The summed E-state index contributed by atoms with van der Waals surface area (Å²) in [6.45, 7) is 4.13. The van der Waals surface area contributed by atoms with Crippen LogP contribution in [0.3, 0.4) is 0 Å². The van der Waals surface area contributed by atoms with Gasteiger partial charge in [0.1, 0.15) is 24.6 Å². The van der Waals surface area contributed by atoms with Crippen LogP contribution in [-0.4, -0.2) is 128 Å². The van der Waals surface area contributed by atoms with Crippen LogP contribution in [0.4, 0.5) is 51.2 Å². The van der Waals surface area contributed by atoms with E-state index < -0.39 is 29.7 Å². The first-order valence-electron chi connectivity index (χ1n) is 28.0. The number of imide groups is 1. The summed E-state index contributed by atoms with van der Waals surface area (Å²) < 4.78 is 14.5. The van der Waals surface area contributed by atoms with Gasteiger partial charge in [-0.15, -0.1) is 61.7 Å². The number of aromatic nitrogens is 6. The summed E-state index contributed by atoms with van der Waals surface area (Å²) >= 11 is 23.8. The Hall–Kier alpha value is -9.49. The zero-order valence-electron chi connectivity index (χ0n) is 47.8. The highest BCUT2D eigenvalue weighted by atomic mass is 35.5. The standard InChI is InChI=1S/C61H58Cl4N16O8/c62-27-31-76(32-28-63)54-19-13-49(14-20-54)69-66-46-7-1-43(2-8-46)59(84)87-41-52-39-79(74-72-52)37-35-78(56-23-17-51(18-24-56)71-68-48-11-5-45(6-12-48)61(86)89-81-57(82)25-26-58(81)83)36-38-80-40-53(73-75-80)42-88-60(85)44-3-9-47(10-4-44)67-70-50-15-21-55(22-16-50)77(33-29-64)34-30-65/h1-24,39-40H,25-38,41-42H2. The van der Waals surface area contributed by atoms with Crippen LogP contribution in [0.15, 0.2) is 189 Å². The molecular formula is C61H58Cl4N16O8. The Kier molecular flexibility index (Phi) is 23.4. The van der Waals surface area contributed by atoms with Crippen molar-refractivity contribution in [3.8, 4) is 0 Å². The molecule has 1 fully saturated rings. The van der Waals surface area contributed by atoms with Gasteiger partial charge in [0, 0.05) is 92.7 Å². The second-order valence-corrected chi connectivity index (χ2v) is 21.1. The van der Waals surface area contributed by atoms with Crippen molar-refractivity contribution in [3.05, 3.63) is 186 Å². The van der Waals surface area contributed by atoms with Crippen LogP contribution in [0.2, 0.25) is 0 Å². The normalized spacial score (nSPS) is 12.4. The monoisotopic (exact) mass is 1280 g/mol. The van der Waals surface area contributed by atoms with Gasteiger partial charge in [0.05, 0.1) is 76.3 Å². The van der Waals surface area contributed by atoms with E-state index >= 15 is 0 Å². The second kappa shape index (κ2) is 32.5. The molecule has 6 aromatic carbocycles. The van der Waals surface area contributed by atoms with Crippen LogP contribution in [0, 0.1) is 0 Å². The summed E-state index contributed by atoms with van der Waals surface area (Å²) in [4.78, 5) is 73.8. The lowest BCUT2D eigenvalue weighted by Gasteiger charge is -2.24. The number of benzene rings is 6. The molecule has 0 unspecified atom stereocenters. The van der Waals surface area contributed by atoms with Gasteiger partial charge in [-0.25, -0.2) is 14.4 Å². The fourth-order valence-electron chi connectivity index (χ4n) is 8.76. The van der Waals surface area contributed by atoms with Gasteiger partial charge in [-0.3, -0.25) is 19.0 Å². The van der Waals surface area contributed by atoms with Crippen molar-refractivity contribution in [2.24, 2.45) is 30.7 Å². The van der Waals surface area contributed by atoms with Gasteiger partial charge in [-0.1, -0.05) is 10.4 Å². The minimum absolute atomic E-state index is 0.0121. The summed E-state index contributed by atoms with van der Waals surface area (Å²) in [5, 5.41) is 43.5. The molecule has 458 valence electrons. The van der Waals surface area contributed by atoms with E-state index in [1.54, 1.807) is 94.6 Å². The maximum atomic E-state index is 13.1. The van der Waals surface area contributed by atoms with Crippen LogP contribution in [-0.2, 0) is 50.2 Å². The molecule has 0 spiro atoms. The predicted octanol–water partition coefficient (Wildman–Crippen LogP) is 12.8. The van der Waals surface area contributed by atoms with E-state index in [0.29, 0.717) is 138 Å². The lowest BCUT2D eigenvalue weighted by molar-refractivity contribution is -0.172. The number of alkyl halides is 4. The molecule has 0 radical (unpaired) electrons. The number of nitrogens with zero attached hydrogens (tertiary/aromatic N) is 16. The molecule has 9 rings (SSSR count). The van der Waals surface area contributed by atoms with Gasteiger partial charge in [0.15, 0.2) is 0 Å². The van der Waals surface area contributed by atoms with E-state index in [2.05, 4.69) is 66.0 Å². The number of azo groups is 3. The molecule has 28 heteroatoms. The molecule has 1 aliphatic rings. The van der Waals surface area contributed by atoms with Crippen molar-refractivity contribution in [1.29, 1.82) is 0 Å². The number of carbonyl (C=O) groups is 5. The highest BCUT2D eigenvalue weighted by molar-refractivity contribution is 6.19. The van der Waals surface area contributed by atoms with Crippen molar-refractivity contribution >= 4 is 127 Å². The average Bonchev–Trinajstić information content (AvgIpc) is 4.46. The van der Waals surface area contributed by atoms with Gasteiger partial charge < -0.3 is 29.0 Å². The molecule has 0 bridgehead atoms. The van der Waals surface area contributed by atoms with Crippen LogP contribution in [0.25, 0.3) is 0 Å². The number of anilines is 3. The zero-order valence-corrected chi connectivity index (χ0v) is 50.8. The van der Waals surface area contributed by atoms with E-state index in [0.717, 1.165) is 17.1 Å². The fraction of sp³-hybridized carbons (Fsp3) is 0.262. The van der Waals surface area contributed by atoms with Gasteiger partial charge in [-0.2, -0.15) is 30.7 Å². The number of hydroxylamine groups is 2. The second-order valence-electron chi connectivity index (χ2n) is 19.6. The molecule has 1 aliphatic heterocycles. The molecular weight excluding hydrogens is 1230 g/mol.